The fraction of sp³-hybridized carbons (Fsp3) is 0.0909. The van der Waals surface area contributed by atoms with Gasteiger partial charge in [0.15, 0.2) is 0 Å². The molecule has 27 heavy (non-hydrogen) atoms. The quantitative estimate of drug-likeness (QED) is 0.547. The molecule has 3 aromatic rings. The minimum absolute atomic E-state index is 0.304. The number of aromatic nitrogens is 2. The van der Waals surface area contributed by atoms with Crippen LogP contribution in [0, 0.1) is 0 Å². The second kappa shape index (κ2) is 5.99. The molecule has 2 aliphatic rings. The molecule has 1 aliphatic carbocycles. The number of hydrogen-bond donors (Lipinski definition) is 2. The maximum Gasteiger partial charge on any atom is 0.347 e. The van der Waals surface area contributed by atoms with E-state index in [9.17, 15) is 9.59 Å². The highest BCUT2D eigenvalue weighted by atomic mass is 16.6. The van der Waals surface area contributed by atoms with Gasteiger partial charge < -0.3 is 14.7 Å². The molecule has 0 spiro atoms. The van der Waals surface area contributed by atoms with Crippen molar-refractivity contribution < 1.29 is 14.3 Å². The van der Waals surface area contributed by atoms with E-state index in [1.54, 1.807) is 12.4 Å². The lowest BCUT2D eigenvalue weighted by Crippen LogP contribution is -2.25. The molecule has 2 aromatic heterocycles. The maximum absolute atomic E-state index is 12.6. The molecule has 2 N–H and O–H groups in total. The largest absolute Gasteiger partial charge is 0.386 e. The van der Waals surface area contributed by atoms with Crippen molar-refractivity contribution >= 4 is 46.1 Å². The second-order valence-corrected chi connectivity index (χ2v) is 6.58. The standard InChI is InChI=1S/C22H16N2O3/c25-21-19(15-11-23-17-9-4-2-1-3-7-13(15)17)20(22(26)27-21)16-12-24-18-10-6-5-8-14(16)18/h1,3,5-12,23-24H,2,4H2/b3-1-,13-7-,17-9+. The first-order chi connectivity index (χ1) is 13.2. The number of cyclic esters (lactones) is 2. The predicted molar refractivity (Wildman–Crippen MR) is 104 cm³/mol. The van der Waals surface area contributed by atoms with Crippen molar-refractivity contribution in [1.29, 1.82) is 0 Å². The van der Waals surface area contributed by atoms with Crippen LogP contribution in [-0.2, 0) is 14.3 Å². The molecule has 3 heterocycles. The van der Waals surface area contributed by atoms with Crippen LogP contribution in [0.3, 0.4) is 0 Å². The summed E-state index contributed by atoms with van der Waals surface area (Å²) in [6, 6.07) is 7.68. The summed E-state index contributed by atoms with van der Waals surface area (Å²) in [5, 5.41) is 2.72. The average molecular weight is 356 g/mol. The van der Waals surface area contributed by atoms with E-state index in [1.807, 2.05) is 36.4 Å². The first-order valence-electron chi connectivity index (χ1n) is 8.86. The molecule has 1 aromatic carbocycles. The topological polar surface area (TPSA) is 75.0 Å². The number of carbonyl (C=O) groups is 2. The molecule has 0 radical (unpaired) electrons. The Morgan fingerprint density at radius 2 is 1.67 bits per heavy atom. The number of para-hydroxylation sites is 1. The van der Waals surface area contributed by atoms with Gasteiger partial charge >= 0.3 is 11.9 Å². The zero-order valence-electron chi connectivity index (χ0n) is 14.4. The summed E-state index contributed by atoms with van der Waals surface area (Å²) >= 11 is 0. The lowest BCUT2D eigenvalue weighted by Gasteiger charge is -2.01. The SMILES string of the molecule is O=C1OC(=O)C(c2c[nH]c3ccccc23)=C1c1c[nH]c2/c1=C\C=C/CC\C=2. The normalized spacial score (nSPS) is 20.3. The monoisotopic (exact) mass is 356 g/mol. The van der Waals surface area contributed by atoms with Crippen LogP contribution in [-0.4, -0.2) is 21.9 Å². The van der Waals surface area contributed by atoms with Crippen molar-refractivity contribution in [2.45, 2.75) is 12.8 Å². The molecule has 0 atom stereocenters. The number of nitrogens with one attached hydrogen (secondary N) is 2. The molecule has 5 rings (SSSR count). The van der Waals surface area contributed by atoms with E-state index in [0.717, 1.165) is 34.3 Å². The van der Waals surface area contributed by atoms with E-state index in [1.165, 1.54) is 0 Å². The molecule has 5 heteroatoms. The number of H-pyrrole nitrogens is 2. The Kier molecular flexibility index (Phi) is 3.47. The van der Waals surface area contributed by atoms with E-state index in [2.05, 4.69) is 22.1 Å². The minimum Gasteiger partial charge on any atom is -0.386 e. The third-order valence-electron chi connectivity index (χ3n) is 5.00. The van der Waals surface area contributed by atoms with Gasteiger partial charge in [-0.3, -0.25) is 0 Å². The first kappa shape index (κ1) is 15.6. The molecule has 132 valence electrons. The smallest absolute Gasteiger partial charge is 0.347 e. The van der Waals surface area contributed by atoms with Crippen LogP contribution in [0.25, 0.3) is 34.2 Å². The molecule has 0 saturated heterocycles. The zero-order chi connectivity index (χ0) is 18.4. The fourth-order valence-electron chi connectivity index (χ4n) is 3.75. The number of rotatable bonds is 2. The summed E-state index contributed by atoms with van der Waals surface area (Å²) in [6.07, 6.45) is 13.6. The molecular formula is C22H16N2O3. The fourth-order valence-corrected chi connectivity index (χ4v) is 3.75. The van der Waals surface area contributed by atoms with Crippen LogP contribution < -0.4 is 10.6 Å². The molecule has 0 fully saturated rings. The first-order valence-corrected chi connectivity index (χ1v) is 8.86. The van der Waals surface area contributed by atoms with E-state index in [-0.39, 0.29) is 0 Å². The number of fused-ring (bicyclic) bond motifs is 2. The number of carbonyl (C=O) groups excluding carboxylic acids is 2. The van der Waals surface area contributed by atoms with Gasteiger partial charge in [0, 0.05) is 45.0 Å². The van der Waals surface area contributed by atoms with E-state index in [4.69, 9.17) is 4.74 Å². The van der Waals surface area contributed by atoms with Crippen LogP contribution in [0.5, 0.6) is 0 Å². The van der Waals surface area contributed by atoms with Crippen molar-refractivity contribution in [3.8, 4) is 0 Å². The minimum atomic E-state index is -0.611. The summed E-state index contributed by atoms with van der Waals surface area (Å²) in [7, 11) is 0. The summed E-state index contributed by atoms with van der Waals surface area (Å²) in [6.45, 7) is 0. The highest BCUT2D eigenvalue weighted by Gasteiger charge is 2.36. The Balaban J connectivity index is 1.83. The molecule has 5 nitrogen and oxygen atoms in total. The molecule has 1 aliphatic heterocycles. The van der Waals surface area contributed by atoms with Gasteiger partial charge in [-0.1, -0.05) is 42.5 Å². The maximum atomic E-state index is 12.6. The number of esters is 2. The second-order valence-electron chi connectivity index (χ2n) is 6.58. The number of aromatic amines is 2. The van der Waals surface area contributed by atoms with Crippen molar-refractivity contribution in [2.75, 3.05) is 0 Å². The van der Waals surface area contributed by atoms with E-state index in [0.29, 0.717) is 22.3 Å². The van der Waals surface area contributed by atoms with E-state index < -0.39 is 11.9 Å². The van der Waals surface area contributed by atoms with Crippen LogP contribution in [0.1, 0.15) is 24.0 Å². The van der Waals surface area contributed by atoms with Crippen LogP contribution in [0.4, 0.5) is 0 Å². The van der Waals surface area contributed by atoms with Crippen LogP contribution >= 0.6 is 0 Å². The molecule has 0 bridgehead atoms. The third-order valence-corrected chi connectivity index (χ3v) is 5.00. The Bertz CT molecular complexity index is 1280. The van der Waals surface area contributed by atoms with Crippen LogP contribution in [0.15, 0.2) is 48.8 Å². The molecule has 0 saturated carbocycles. The zero-order valence-corrected chi connectivity index (χ0v) is 14.4. The number of allylic oxidation sites excluding steroid dienone is 2. The predicted octanol–water partition coefficient (Wildman–Crippen LogP) is 2.40. The van der Waals surface area contributed by atoms with Gasteiger partial charge in [-0.25, -0.2) is 9.59 Å². The van der Waals surface area contributed by atoms with Crippen molar-refractivity contribution in [3.63, 3.8) is 0 Å². The Labute approximate surface area is 154 Å². The number of benzene rings is 1. The average Bonchev–Trinajstić information content (AvgIpc) is 3.30. The Morgan fingerprint density at radius 1 is 0.889 bits per heavy atom. The highest BCUT2D eigenvalue weighted by Crippen LogP contribution is 2.35. The molecule has 0 amide bonds. The van der Waals surface area contributed by atoms with E-state index >= 15 is 0 Å². The Morgan fingerprint density at radius 3 is 2.56 bits per heavy atom. The van der Waals surface area contributed by atoms with Gasteiger partial charge in [-0.05, 0) is 18.9 Å². The van der Waals surface area contributed by atoms with Gasteiger partial charge in [0.25, 0.3) is 0 Å². The van der Waals surface area contributed by atoms with Gasteiger partial charge in [-0.15, -0.1) is 0 Å². The lowest BCUT2D eigenvalue weighted by molar-refractivity contribution is -0.149. The van der Waals surface area contributed by atoms with Gasteiger partial charge in [0.2, 0.25) is 0 Å². The van der Waals surface area contributed by atoms with Crippen molar-refractivity contribution in [2.24, 2.45) is 0 Å². The summed E-state index contributed by atoms with van der Waals surface area (Å²) in [4.78, 5) is 31.6. The van der Waals surface area contributed by atoms with Crippen molar-refractivity contribution in [3.05, 3.63) is 70.5 Å². The number of ether oxygens (including phenoxy) is 1. The highest BCUT2D eigenvalue weighted by molar-refractivity contribution is 6.45. The molecule has 0 unspecified atom stereocenters. The van der Waals surface area contributed by atoms with Gasteiger partial charge in [0.05, 0.1) is 11.1 Å². The van der Waals surface area contributed by atoms with Crippen molar-refractivity contribution in [1.82, 2.24) is 9.97 Å². The summed E-state index contributed by atoms with van der Waals surface area (Å²) in [5.74, 6) is -1.22. The third kappa shape index (κ3) is 2.39. The summed E-state index contributed by atoms with van der Waals surface area (Å²) < 4.78 is 5.01. The number of hydrogen-bond acceptors (Lipinski definition) is 3. The van der Waals surface area contributed by atoms with Gasteiger partial charge in [-0.2, -0.15) is 0 Å². The Hall–Kier alpha value is -3.60. The van der Waals surface area contributed by atoms with Gasteiger partial charge in [0.1, 0.15) is 0 Å². The summed E-state index contributed by atoms with van der Waals surface area (Å²) in [5.41, 5.74) is 2.87. The van der Waals surface area contributed by atoms with Crippen LogP contribution in [0.2, 0.25) is 0 Å². The lowest BCUT2D eigenvalue weighted by atomic mass is 9.96. The molecular weight excluding hydrogens is 340 g/mol.